The first-order chi connectivity index (χ1) is 8.95. The molecule has 1 heterocycles. The van der Waals surface area contributed by atoms with E-state index in [1.165, 1.54) is 4.31 Å². The second-order valence-electron chi connectivity index (χ2n) is 4.22. The predicted octanol–water partition coefficient (Wildman–Crippen LogP) is 0.249. The van der Waals surface area contributed by atoms with E-state index in [1.54, 1.807) is 20.2 Å². The zero-order valence-corrected chi connectivity index (χ0v) is 12.5. The van der Waals surface area contributed by atoms with E-state index in [2.05, 4.69) is 15.0 Å². The van der Waals surface area contributed by atoms with Gasteiger partial charge in [-0.05, 0) is 26.4 Å². The molecule has 0 saturated heterocycles. The summed E-state index contributed by atoms with van der Waals surface area (Å²) < 4.78 is 32.7. The Morgan fingerprint density at radius 1 is 1.47 bits per heavy atom. The maximum atomic E-state index is 11.9. The molecule has 1 aromatic heterocycles. The van der Waals surface area contributed by atoms with Crippen LogP contribution in [0.4, 0.5) is 0 Å². The minimum absolute atomic E-state index is 0.0632. The lowest BCUT2D eigenvalue weighted by Crippen LogP contribution is -2.39. The summed E-state index contributed by atoms with van der Waals surface area (Å²) in [4.78, 5) is 3.94. The number of aryl methyl sites for hydroxylation is 1. The molecule has 0 aromatic carbocycles. The summed E-state index contributed by atoms with van der Waals surface area (Å²) in [6.45, 7) is 5.99. The zero-order valence-electron chi connectivity index (χ0n) is 11.6. The van der Waals surface area contributed by atoms with Crippen LogP contribution in [0.25, 0.3) is 0 Å². The van der Waals surface area contributed by atoms with Gasteiger partial charge in [0.2, 0.25) is 5.89 Å². The van der Waals surface area contributed by atoms with Crippen molar-refractivity contribution >= 4 is 10.2 Å². The third-order valence-electron chi connectivity index (χ3n) is 2.56. The van der Waals surface area contributed by atoms with Crippen molar-refractivity contribution in [3.05, 3.63) is 17.8 Å². The van der Waals surface area contributed by atoms with Crippen LogP contribution in [-0.2, 0) is 16.8 Å². The second-order valence-corrected chi connectivity index (χ2v) is 6.08. The minimum atomic E-state index is -3.48. The number of aromatic nitrogens is 1. The van der Waals surface area contributed by atoms with Gasteiger partial charge in [0.05, 0.1) is 12.7 Å². The molecule has 8 heteroatoms. The third-order valence-corrected chi connectivity index (χ3v) is 4.07. The van der Waals surface area contributed by atoms with Crippen LogP contribution in [0.1, 0.15) is 25.0 Å². The minimum Gasteiger partial charge on any atom is -0.445 e. The fraction of sp³-hybridized carbons (Fsp3) is 0.727. The molecule has 0 atom stereocenters. The van der Waals surface area contributed by atoms with Gasteiger partial charge in [0, 0.05) is 13.6 Å². The highest BCUT2D eigenvalue weighted by molar-refractivity contribution is 7.87. The van der Waals surface area contributed by atoms with Gasteiger partial charge in [-0.15, -0.1) is 0 Å². The van der Waals surface area contributed by atoms with Gasteiger partial charge in [-0.2, -0.15) is 17.4 Å². The number of nitrogens with zero attached hydrogens (tertiary/aromatic N) is 2. The molecule has 110 valence electrons. The quantitative estimate of drug-likeness (QED) is 0.637. The number of hydrogen-bond acceptors (Lipinski definition) is 5. The molecule has 0 spiro atoms. The second kappa shape index (κ2) is 7.59. The Balaban J connectivity index is 2.37. The molecule has 0 aliphatic heterocycles. The van der Waals surface area contributed by atoms with E-state index in [0.717, 1.165) is 19.5 Å². The van der Waals surface area contributed by atoms with Crippen molar-refractivity contribution in [1.82, 2.24) is 19.3 Å². The predicted molar refractivity (Wildman–Crippen MR) is 72.8 cm³/mol. The Kier molecular flexibility index (Phi) is 6.43. The molecule has 1 aromatic rings. The van der Waals surface area contributed by atoms with E-state index < -0.39 is 10.2 Å². The van der Waals surface area contributed by atoms with E-state index in [0.29, 0.717) is 18.2 Å². The van der Waals surface area contributed by atoms with E-state index in [4.69, 9.17) is 4.42 Å². The number of rotatable bonds is 9. The van der Waals surface area contributed by atoms with Crippen LogP contribution in [0.15, 0.2) is 10.6 Å². The van der Waals surface area contributed by atoms with Crippen LogP contribution in [-0.4, -0.2) is 44.4 Å². The summed E-state index contributed by atoms with van der Waals surface area (Å²) in [6.07, 6.45) is 2.33. The first kappa shape index (κ1) is 16.1. The van der Waals surface area contributed by atoms with E-state index in [-0.39, 0.29) is 6.54 Å². The molecular formula is C11H22N4O3S. The van der Waals surface area contributed by atoms with Gasteiger partial charge in [0.15, 0.2) is 0 Å². The van der Waals surface area contributed by atoms with E-state index in [9.17, 15) is 8.42 Å². The number of hydrogen-bond donors (Lipinski definition) is 2. The smallest absolute Gasteiger partial charge is 0.279 e. The van der Waals surface area contributed by atoms with Crippen molar-refractivity contribution in [3.63, 3.8) is 0 Å². The molecule has 0 bridgehead atoms. The van der Waals surface area contributed by atoms with Crippen LogP contribution < -0.4 is 10.0 Å². The van der Waals surface area contributed by atoms with Gasteiger partial charge in [-0.25, -0.2) is 4.98 Å². The van der Waals surface area contributed by atoms with Gasteiger partial charge in [0.25, 0.3) is 10.2 Å². The maximum absolute atomic E-state index is 11.9. The molecule has 2 N–H and O–H groups in total. The molecule has 0 saturated carbocycles. The first-order valence-electron chi connectivity index (χ1n) is 6.28. The van der Waals surface area contributed by atoms with Gasteiger partial charge in [0.1, 0.15) is 5.76 Å². The Labute approximate surface area is 114 Å². The van der Waals surface area contributed by atoms with Crippen molar-refractivity contribution < 1.29 is 12.8 Å². The molecule has 0 unspecified atom stereocenters. The van der Waals surface area contributed by atoms with E-state index in [1.807, 2.05) is 6.92 Å². The monoisotopic (exact) mass is 290 g/mol. The highest BCUT2D eigenvalue weighted by atomic mass is 32.2. The number of oxazole rings is 1. The molecular weight excluding hydrogens is 268 g/mol. The highest BCUT2D eigenvalue weighted by Gasteiger charge is 2.17. The normalized spacial score (nSPS) is 12.2. The molecule has 0 fully saturated rings. The summed E-state index contributed by atoms with van der Waals surface area (Å²) in [5.41, 5.74) is 0. The molecule has 0 aliphatic carbocycles. The molecule has 1 rings (SSSR count). The lowest BCUT2D eigenvalue weighted by atomic mass is 10.4. The van der Waals surface area contributed by atoms with Crippen LogP contribution in [0.2, 0.25) is 0 Å². The third kappa shape index (κ3) is 5.68. The number of nitrogens with one attached hydrogen (secondary N) is 2. The van der Waals surface area contributed by atoms with Crippen LogP contribution in [0.3, 0.4) is 0 Å². The molecule has 19 heavy (non-hydrogen) atoms. The summed E-state index contributed by atoms with van der Waals surface area (Å²) in [7, 11) is -1.93. The van der Waals surface area contributed by atoms with Crippen molar-refractivity contribution in [2.75, 3.05) is 26.7 Å². The standard InChI is InChI=1S/C11H22N4O3S/c1-4-12-6-5-7-15(3)19(16,17)14-9-11-13-8-10(2)18-11/h8,12,14H,4-7,9H2,1-3H3. The Morgan fingerprint density at radius 2 is 2.21 bits per heavy atom. The average Bonchev–Trinajstić information content (AvgIpc) is 2.78. The Bertz CT molecular complexity index is 472. The molecule has 0 aliphatic rings. The van der Waals surface area contributed by atoms with Gasteiger partial charge in [-0.3, -0.25) is 0 Å². The fourth-order valence-electron chi connectivity index (χ4n) is 1.47. The van der Waals surface area contributed by atoms with Crippen LogP contribution in [0.5, 0.6) is 0 Å². The first-order valence-corrected chi connectivity index (χ1v) is 7.72. The molecule has 0 amide bonds. The van der Waals surface area contributed by atoms with Gasteiger partial charge in [-0.1, -0.05) is 6.92 Å². The fourth-order valence-corrected chi connectivity index (χ4v) is 2.37. The van der Waals surface area contributed by atoms with Crippen molar-refractivity contribution in [2.45, 2.75) is 26.8 Å². The van der Waals surface area contributed by atoms with E-state index >= 15 is 0 Å². The topological polar surface area (TPSA) is 87.5 Å². The molecule has 0 radical (unpaired) electrons. The van der Waals surface area contributed by atoms with Crippen LogP contribution in [0, 0.1) is 6.92 Å². The molecule has 7 nitrogen and oxygen atoms in total. The summed E-state index contributed by atoms with van der Waals surface area (Å²) in [6, 6.07) is 0. The zero-order chi connectivity index (χ0) is 14.3. The van der Waals surface area contributed by atoms with Gasteiger partial charge >= 0.3 is 0 Å². The SMILES string of the molecule is CCNCCCN(C)S(=O)(=O)NCc1ncc(C)o1. The maximum Gasteiger partial charge on any atom is 0.279 e. The van der Waals surface area contributed by atoms with Crippen molar-refractivity contribution in [1.29, 1.82) is 0 Å². The van der Waals surface area contributed by atoms with Crippen molar-refractivity contribution in [3.8, 4) is 0 Å². The largest absolute Gasteiger partial charge is 0.445 e. The highest BCUT2D eigenvalue weighted by Crippen LogP contribution is 2.03. The summed E-state index contributed by atoms with van der Waals surface area (Å²) >= 11 is 0. The Hall–Kier alpha value is -0.960. The van der Waals surface area contributed by atoms with Crippen molar-refractivity contribution in [2.24, 2.45) is 0 Å². The Morgan fingerprint density at radius 3 is 2.79 bits per heavy atom. The van der Waals surface area contributed by atoms with Gasteiger partial charge < -0.3 is 9.73 Å². The summed E-state index contributed by atoms with van der Waals surface area (Å²) in [5, 5.41) is 3.15. The lowest BCUT2D eigenvalue weighted by molar-refractivity contribution is 0.431. The average molecular weight is 290 g/mol. The lowest BCUT2D eigenvalue weighted by Gasteiger charge is -2.17. The summed E-state index contributed by atoms with van der Waals surface area (Å²) in [5.74, 6) is 1.02. The van der Waals surface area contributed by atoms with Crippen LogP contribution >= 0.6 is 0 Å².